The average molecular weight is 390 g/mol. The number of aryl methyl sites for hydroxylation is 1. The molecule has 0 radical (unpaired) electrons. The summed E-state index contributed by atoms with van der Waals surface area (Å²) in [5, 5.41) is 0. The van der Waals surface area contributed by atoms with E-state index in [9.17, 15) is 13.6 Å². The highest BCUT2D eigenvalue weighted by atomic mass is 19.2. The maximum absolute atomic E-state index is 14.0. The molecule has 0 unspecified atom stereocenters. The van der Waals surface area contributed by atoms with Crippen molar-refractivity contribution in [3.8, 4) is 11.5 Å². The molecule has 152 valence electrons. The highest BCUT2D eigenvalue weighted by Gasteiger charge is 2.17. The third-order valence-corrected chi connectivity index (χ3v) is 4.57. The van der Waals surface area contributed by atoms with Crippen LogP contribution in [0.15, 0.2) is 36.4 Å². The summed E-state index contributed by atoms with van der Waals surface area (Å²) in [6.07, 6.45) is 7.48. The van der Waals surface area contributed by atoms with Gasteiger partial charge >= 0.3 is 5.97 Å². The van der Waals surface area contributed by atoms with Crippen molar-refractivity contribution in [1.82, 2.24) is 0 Å². The van der Waals surface area contributed by atoms with Crippen molar-refractivity contribution in [2.45, 2.75) is 58.8 Å². The molecule has 5 heteroatoms. The molecule has 2 aromatic rings. The molecule has 0 aliphatic heterocycles. The number of carbonyl (C=O) groups is 1. The Morgan fingerprint density at radius 1 is 0.857 bits per heavy atom. The predicted molar refractivity (Wildman–Crippen MR) is 106 cm³/mol. The Balaban J connectivity index is 1.84. The molecule has 0 heterocycles. The third kappa shape index (κ3) is 6.32. The van der Waals surface area contributed by atoms with Crippen LogP contribution in [0, 0.1) is 11.6 Å². The Morgan fingerprint density at radius 2 is 1.54 bits per heavy atom. The summed E-state index contributed by atoms with van der Waals surface area (Å²) in [6, 6.07) is 9.13. The Kier molecular flexibility index (Phi) is 8.92. The minimum atomic E-state index is -1.15. The van der Waals surface area contributed by atoms with Gasteiger partial charge in [-0.3, -0.25) is 0 Å². The van der Waals surface area contributed by atoms with Crippen molar-refractivity contribution >= 4 is 5.97 Å². The molecule has 3 nitrogen and oxygen atoms in total. The molecule has 28 heavy (non-hydrogen) atoms. The number of rotatable bonds is 11. The van der Waals surface area contributed by atoms with E-state index in [-0.39, 0.29) is 11.1 Å². The molecule has 0 aromatic heterocycles. The van der Waals surface area contributed by atoms with Gasteiger partial charge in [0.15, 0.2) is 11.6 Å². The number of halogens is 2. The number of hydrogen-bond donors (Lipinski definition) is 0. The summed E-state index contributed by atoms with van der Waals surface area (Å²) in [7, 11) is 0. The monoisotopic (exact) mass is 390 g/mol. The average Bonchev–Trinajstić information content (AvgIpc) is 2.71. The molecule has 0 amide bonds. The molecule has 2 rings (SSSR count). The van der Waals surface area contributed by atoms with E-state index in [0.29, 0.717) is 18.8 Å². The lowest BCUT2D eigenvalue weighted by atomic mass is 10.1. The highest BCUT2D eigenvalue weighted by Crippen LogP contribution is 2.24. The molecule has 0 saturated carbocycles. The molecule has 2 aromatic carbocycles. The number of hydrogen-bond acceptors (Lipinski definition) is 3. The van der Waals surface area contributed by atoms with Gasteiger partial charge in [-0.25, -0.2) is 9.18 Å². The molecule has 0 aliphatic rings. The van der Waals surface area contributed by atoms with Crippen LogP contribution in [-0.2, 0) is 6.42 Å². The largest absolute Gasteiger partial charge is 0.494 e. The van der Waals surface area contributed by atoms with E-state index in [2.05, 4.69) is 6.92 Å². The van der Waals surface area contributed by atoms with E-state index < -0.39 is 23.4 Å². The SMILES string of the molecule is CCCCCCCCOc1ccc(C(=O)Oc2ccc(CC)c(F)c2F)cc1. The van der Waals surface area contributed by atoms with Crippen molar-refractivity contribution in [1.29, 1.82) is 0 Å². The number of benzene rings is 2. The van der Waals surface area contributed by atoms with Gasteiger partial charge in [0.25, 0.3) is 0 Å². The van der Waals surface area contributed by atoms with E-state index in [1.807, 2.05) is 0 Å². The van der Waals surface area contributed by atoms with Crippen LogP contribution in [0.1, 0.15) is 68.3 Å². The Hall–Kier alpha value is -2.43. The van der Waals surface area contributed by atoms with Gasteiger partial charge in [-0.15, -0.1) is 0 Å². The quantitative estimate of drug-likeness (QED) is 0.250. The Morgan fingerprint density at radius 3 is 2.21 bits per heavy atom. The number of unbranched alkanes of at least 4 members (excludes halogenated alkanes) is 5. The molecule has 0 spiro atoms. The van der Waals surface area contributed by atoms with Crippen LogP contribution in [0.5, 0.6) is 11.5 Å². The molecular formula is C23H28F2O3. The molecule has 0 bridgehead atoms. The normalized spacial score (nSPS) is 10.7. The maximum Gasteiger partial charge on any atom is 0.343 e. The van der Waals surface area contributed by atoms with Crippen molar-refractivity contribution in [3.05, 3.63) is 59.2 Å². The lowest BCUT2D eigenvalue weighted by Crippen LogP contribution is -2.10. The molecule has 0 saturated heterocycles. The van der Waals surface area contributed by atoms with E-state index in [4.69, 9.17) is 9.47 Å². The first-order valence-electron chi connectivity index (χ1n) is 9.98. The van der Waals surface area contributed by atoms with Gasteiger partial charge in [0.05, 0.1) is 12.2 Å². The zero-order valence-electron chi connectivity index (χ0n) is 16.6. The lowest BCUT2D eigenvalue weighted by Gasteiger charge is -2.09. The van der Waals surface area contributed by atoms with Gasteiger partial charge in [0.2, 0.25) is 5.82 Å². The first-order valence-corrected chi connectivity index (χ1v) is 9.98. The van der Waals surface area contributed by atoms with Gasteiger partial charge < -0.3 is 9.47 Å². The molecule has 0 aliphatic carbocycles. The zero-order chi connectivity index (χ0) is 20.4. The summed E-state index contributed by atoms with van der Waals surface area (Å²) in [5.74, 6) is -2.62. The van der Waals surface area contributed by atoms with Crippen LogP contribution in [0.4, 0.5) is 8.78 Å². The standard InChI is InChI=1S/C23H28F2O3/c1-3-5-6-7-8-9-16-27-19-13-10-18(11-14-19)23(26)28-20-15-12-17(4-2)21(24)22(20)25/h10-15H,3-9,16H2,1-2H3. The molecular weight excluding hydrogens is 362 g/mol. The zero-order valence-corrected chi connectivity index (χ0v) is 16.6. The second kappa shape index (κ2) is 11.4. The predicted octanol–water partition coefficient (Wildman–Crippen LogP) is 6.49. The van der Waals surface area contributed by atoms with Crippen LogP contribution >= 0.6 is 0 Å². The van der Waals surface area contributed by atoms with Crippen LogP contribution in [0.2, 0.25) is 0 Å². The second-order valence-corrected chi connectivity index (χ2v) is 6.73. The van der Waals surface area contributed by atoms with E-state index >= 15 is 0 Å². The fraction of sp³-hybridized carbons (Fsp3) is 0.435. The van der Waals surface area contributed by atoms with Gasteiger partial charge in [-0.1, -0.05) is 52.0 Å². The molecule has 0 atom stereocenters. The van der Waals surface area contributed by atoms with Crippen molar-refractivity contribution in [2.75, 3.05) is 6.61 Å². The smallest absolute Gasteiger partial charge is 0.343 e. The van der Waals surface area contributed by atoms with E-state index in [1.165, 1.54) is 37.8 Å². The highest BCUT2D eigenvalue weighted by molar-refractivity contribution is 5.91. The van der Waals surface area contributed by atoms with Crippen LogP contribution in [0.25, 0.3) is 0 Å². The molecule has 0 N–H and O–H groups in total. The van der Waals surface area contributed by atoms with Crippen molar-refractivity contribution in [3.63, 3.8) is 0 Å². The van der Waals surface area contributed by atoms with E-state index in [0.717, 1.165) is 12.8 Å². The minimum absolute atomic E-state index is 0.240. The molecule has 0 fully saturated rings. The second-order valence-electron chi connectivity index (χ2n) is 6.73. The summed E-state index contributed by atoms with van der Waals surface area (Å²) < 4.78 is 38.5. The topological polar surface area (TPSA) is 35.5 Å². The van der Waals surface area contributed by atoms with Crippen LogP contribution in [-0.4, -0.2) is 12.6 Å². The van der Waals surface area contributed by atoms with Crippen molar-refractivity contribution < 1.29 is 23.0 Å². The summed E-state index contributed by atoms with van der Waals surface area (Å²) in [6.45, 7) is 4.54. The van der Waals surface area contributed by atoms with Crippen LogP contribution in [0.3, 0.4) is 0 Å². The fourth-order valence-corrected chi connectivity index (χ4v) is 2.84. The maximum atomic E-state index is 14.0. The van der Waals surface area contributed by atoms with Gasteiger partial charge in [0.1, 0.15) is 5.75 Å². The minimum Gasteiger partial charge on any atom is -0.494 e. The number of esters is 1. The summed E-state index contributed by atoms with van der Waals surface area (Å²) >= 11 is 0. The number of carbonyl (C=O) groups excluding carboxylic acids is 1. The number of ether oxygens (including phenoxy) is 2. The first kappa shape index (κ1) is 21.9. The van der Waals surface area contributed by atoms with E-state index in [1.54, 1.807) is 31.2 Å². The first-order chi connectivity index (χ1) is 13.6. The van der Waals surface area contributed by atoms with Gasteiger partial charge in [-0.05, 0) is 48.7 Å². The summed E-state index contributed by atoms with van der Waals surface area (Å²) in [4.78, 5) is 12.2. The van der Waals surface area contributed by atoms with Crippen molar-refractivity contribution in [2.24, 2.45) is 0 Å². The lowest BCUT2D eigenvalue weighted by molar-refractivity contribution is 0.0726. The van der Waals surface area contributed by atoms with Gasteiger partial charge in [0, 0.05) is 0 Å². The Labute approximate surface area is 165 Å². The fourth-order valence-electron chi connectivity index (χ4n) is 2.84. The Bertz CT molecular complexity index is 757. The van der Waals surface area contributed by atoms with Crippen LogP contribution < -0.4 is 9.47 Å². The third-order valence-electron chi connectivity index (χ3n) is 4.57. The summed E-state index contributed by atoms with van der Waals surface area (Å²) in [5.41, 5.74) is 0.482. The van der Waals surface area contributed by atoms with Gasteiger partial charge in [-0.2, -0.15) is 4.39 Å².